The molecule has 0 N–H and O–H groups in total. The molecule has 1 saturated heterocycles. The van der Waals surface area contributed by atoms with E-state index in [0.717, 1.165) is 30.8 Å². The van der Waals surface area contributed by atoms with E-state index in [1.807, 2.05) is 36.5 Å². The summed E-state index contributed by atoms with van der Waals surface area (Å²) < 4.78 is 34.5. The maximum absolute atomic E-state index is 12.8. The molecule has 2 heterocycles. The first-order valence-electron chi connectivity index (χ1n) is 8.62. The molecule has 0 amide bonds. The van der Waals surface area contributed by atoms with Crippen molar-refractivity contribution in [3.8, 4) is 0 Å². The fraction of sp³-hybridized carbons (Fsp3) is 0.500. The zero-order valence-electron chi connectivity index (χ0n) is 14.5. The maximum atomic E-state index is 12.8. The van der Waals surface area contributed by atoms with Crippen LogP contribution in [-0.4, -0.2) is 49.1 Å². The van der Waals surface area contributed by atoms with Crippen molar-refractivity contribution in [3.05, 3.63) is 54.1 Å². The van der Waals surface area contributed by atoms with Gasteiger partial charge in [0.1, 0.15) is 5.82 Å². The lowest BCUT2D eigenvalue weighted by atomic mass is 9.99. The average Bonchev–Trinajstić information content (AvgIpc) is 3.09. The molecule has 1 atom stereocenters. The number of methoxy groups -OCH3 is 1. The lowest BCUT2D eigenvalue weighted by Crippen LogP contribution is -2.40. The molecule has 1 aliphatic rings. The second-order valence-electron chi connectivity index (χ2n) is 6.41. The van der Waals surface area contributed by atoms with Gasteiger partial charge in [0.2, 0.25) is 10.0 Å². The minimum Gasteiger partial charge on any atom is -0.383 e. The van der Waals surface area contributed by atoms with Crippen LogP contribution in [0, 0.1) is 0 Å². The molecule has 0 aliphatic carbocycles. The fourth-order valence-corrected chi connectivity index (χ4v) is 4.95. The zero-order valence-corrected chi connectivity index (χ0v) is 15.4. The highest BCUT2D eigenvalue weighted by molar-refractivity contribution is 7.88. The molecule has 7 heteroatoms. The average molecular weight is 363 g/mol. The minimum atomic E-state index is -3.32. The number of hydrogen-bond acceptors (Lipinski definition) is 4. The van der Waals surface area contributed by atoms with Gasteiger partial charge in [0, 0.05) is 45.1 Å². The summed E-state index contributed by atoms with van der Waals surface area (Å²) >= 11 is 0. The molecule has 25 heavy (non-hydrogen) atoms. The third-order valence-corrected chi connectivity index (χ3v) is 6.44. The normalized spacial score (nSPS) is 19.2. The van der Waals surface area contributed by atoms with E-state index in [4.69, 9.17) is 4.74 Å². The van der Waals surface area contributed by atoms with Crippen molar-refractivity contribution in [3.63, 3.8) is 0 Å². The highest BCUT2D eigenvalue weighted by Gasteiger charge is 2.31. The van der Waals surface area contributed by atoms with Gasteiger partial charge in [0.15, 0.2) is 0 Å². The summed E-state index contributed by atoms with van der Waals surface area (Å²) in [5.74, 6) is 1.14. The predicted octanol–water partition coefficient (Wildman–Crippen LogP) is 2.24. The Kier molecular flexibility index (Phi) is 5.88. The fourth-order valence-electron chi connectivity index (χ4n) is 3.34. The molecule has 0 spiro atoms. The molecule has 136 valence electrons. The second-order valence-corrected chi connectivity index (χ2v) is 8.38. The van der Waals surface area contributed by atoms with Gasteiger partial charge in [-0.15, -0.1) is 0 Å². The van der Waals surface area contributed by atoms with E-state index >= 15 is 0 Å². The van der Waals surface area contributed by atoms with Crippen molar-refractivity contribution in [2.75, 3.05) is 26.8 Å². The van der Waals surface area contributed by atoms with Crippen LogP contribution in [0.1, 0.15) is 30.1 Å². The van der Waals surface area contributed by atoms with Gasteiger partial charge >= 0.3 is 0 Å². The lowest BCUT2D eigenvalue weighted by molar-refractivity contribution is 0.184. The SMILES string of the molecule is COCCn1ccnc1[C@@H]1CCCN(S(=O)(=O)Cc2ccccc2)C1. The molecule has 1 fully saturated rings. The van der Waals surface area contributed by atoms with E-state index in [1.54, 1.807) is 17.6 Å². The summed E-state index contributed by atoms with van der Waals surface area (Å²) in [5, 5.41) is 0. The van der Waals surface area contributed by atoms with E-state index in [9.17, 15) is 8.42 Å². The molecule has 3 rings (SSSR count). The molecule has 0 bridgehead atoms. The van der Waals surface area contributed by atoms with E-state index in [1.165, 1.54) is 0 Å². The van der Waals surface area contributed by atoms with Crippen LogP contribution < -0.4 is 0 Å². The number of piperidine rings is 1. The van der Waals surface area contributed by atoms with Crippen molar-refractivity contribution < 1.29 is 13.2 Å². The first-order chi connectivity index (χ1) is 12.1. The quantitative estimate of drug-likeness (QED) is 0.757. The molecule has 1 aromatic carbocycles. The smallest absolute Gasteiger partial charge is 0.218 e. The largest absolute Gasteiger partial charge is 0.383 e. The van der Waals surface area contributed by atoms with Crippen LogP contribution in [0.2, 0.25) is 0 Å². The third kappa shape index (κ3) is 4.48. The Morgan fingerprint density at radius 2 is 2.08 bits per heavy atom. The number of ether oxygens (including phenoxy) is 1. The first-order valence-corrected chi connectivity index (χ1v) is 10.2. The van der Waals surface area contributed by atoms with E-state index < -0.39 is 10.0 Å². The number of benzene rings is 1. The van der Waals surface area contributed by atoms with Crippen molar-refractivity contribution in [2.45, 2.75) is 31.1 Å². The van der Waals surface area contributed by atoms with Crippen molar-refractivity contribution in [2.24, 2.45) is 0 Å². The number of nitrogens with zero attached hydrogens (tertiary/aromatic N) is 3. The van der Waals surface area contributed by atoms with Crippen molar-refractivity contribution in [1.82, 2.24) is 13.9 Å². The topological polar surface area (TPSA) is 64.4 Å². The standard InChI is InChI=1S/C18H25N3O3S/c1-24-13-12-20-11-9-19-18(20)17-8-5-10-21(14-17)25(22,23)15-16-6-3-2-4-7-16/h2-4,6-7,9,11,17H,5,8,10,12-15H2,1H3/t17-/m1/s1. The van der Waals surface area contributed by atoms with E-state index in [-0.39, 0.29) is 11.7 Å². The third-order valence-electron chi connectivity index (χ3n) is 4.62. The summed E-state index contributed by atoms with van der Waals surface area (Å²) in [5.41, 5.74) is 0.825. The Balaban J connectivity index is 1.71. The van der Waals surface area contributed by atoms with Crippen LogP contribution in [-0.2, 0) is 27.1 Å². The number of sulfonamides is 1. The zero-order chi connectivity index (χ0) is 17.7. The van der Waals surface area contributed by atoms with Crippen LogP contribution in [0.3, 0.4) is 0 Å². The van der Waals surface area contributed by atoms with E-state index in [0.29, 0.717) is 19.7 Å². The number of hydrogen-bond donors (Lipinski definition) is 0. The number of imidazole rings is 1. The molecule has 0 radical (unpaired) electrons. The van der Waals surface area contributed by atoms with Crippen LogP contribution in [0.15, 0.2) is 42.7 Å². The monoisotopic (exact) mass is 363 g/mol. The predicted molar refractivity (Wildman–Crippen MR) is 96.7 cm³/mol. The Hall–Kier alpha value is -1.70. The molecule has 1 aliphatic heterocycles. The molecule has 1 aromatic heterocycles. The Morgan fingerprint density at radius 3 is 2.84 bits per heavy atom. The lowest BCUT2D eigenvalue weighted by Gasteiger charge is -2.32. The number of aromatic nitrogens is 2. The van der Waals surface area contributed by atoms with Gasteiger partial charge in [-0.05, 0) is 18.4 Å². The van der Waals surface area contributed by atoms with Crippen molar-refractivity contribution in [1.29, 1.82) is 0 Å². The van der Waals surface area contributed by atoms with Gasteiger partial charge in [-0.1, -0.05) is 30.3 Å². The second kappa shape index (κ2) is 8.12. The first kappa shape index (κ1) is 18.1. The van der Waals surface area contributed by atoms with E-state index in [2.05, 4.69) is 9.55 Å². The molecule has 0 unspecified atom stereocenters. The van der Waals surface area contributed by atoms with Crippen LogP contribution >= 0.6 is 0 Å². The maximum Gasteiger partial charge on any atom is 0.218 e. The van der Waals surface area contributed by atoms with Crippen LogP contribution in [0.4, 0.5) is 0 Å². The van der Waals surface area contributed by atoms with Gasteiger partial charge in [-0.2, -0.15) is 0 Å². The Labute approximate surface area is 149 Å². The van der Waals surface area contributed by atoms with Gasteiger partial charge in [0.05, 0.1) is 12.4 Å². The molecule has 0 saturated carbocycles. The van der Waals surface area contributed by atoms with Gasteiger partial charge in [-0.25, -0.2) is 17.7 Å². The summed E-state index contributed by atoms with van der Waals surface area (Å²) in [6.07, 6.45) is 5.53. The minimum absolute atomic E-state index is 0.0542. The van der Waals surface area contributed by atoms with Crippen molar-refractivity contribution >= 4 is 10.0 Å². The van der Waals surface area contributed by atoms with Crippen LogP contribution in [0.5, 0.6) is 0 Å². The summed E-state index contributed by atoms with van der Waals surface area (Å²) in [6.45, 7) is 2.44. The summed E-state index contributed by atoms with van der Waals surface area (Å²) in [6, 6.07) is 9.35. The van der Waals surface area contributed by atoms with Gasteiger partial charge < -0.3 is 9.30 Å². The van der Waals surface area contributed by atoms with Crippen LogP contribution in [0.25, 0.3) is 0 Å². The molecular weight excluding hydrogens is 338 g/mol. The molecular formula is C18H25N3O3S. The highest BCUT2D eigenvalue weighted by atomic mass is 32.2. The number of rotatable bonds is 7. The Bertz CT molecular complexity index is 774. The van der Waals surface area contributed by atoms with Gasteiger partial charge in [-0.3, -0.25) is 0 Å². The summed E-state index contributed by atoms with van der Waals surface area (Å²) in [7, 11) is -1.64. The van der Waals surface area contributed by atoms with Gasteiger partial charge in [0.25, 0.3) is 0 Å². The highest BCUT2D eigenvalue weighted by Crippen LogP contribution is 2.28. The molecule has 6 nitrogen and oxygen atoms in total. The Morgan fingerprint density at radius 1 is 1.28 bits per heavy atom. The molecule has 2 aromatic rings. The summed E-state index contributed by atoms with van der Waals surface area (Å²) in [4.78, 5) is 4.48.